The molecule has 3 aromatic rings. The molecule has 2 aromatic heterocycles. The summed E-state index contributed by atoms with van der Waals surface area (Å²) in [6, 6.07) is 9.31. The summed E-state index contributed by atoms with van der Waals surface area (Å²) in [5.74, 6) is 0.623. The summed E-state index contributed by atoms with van der Waals surface area (Å²) in [6.45, 7) is 2.16. The molecule has 8 nitrogen and oxygen atoms in total. The van der Waals surface area contributed by atoms with Crippen LogP contribution in [0.1, 0.15) is 22.6 Å². The summed E-state index contributed by atoms with van der Waals surface area (Å²) < 4.78 is 14.9. The highest BCUT2D eigenvalue weighted by Crippen LogP contribution is 2.08. The van der Waals surface area contributed by atoms with E-state index in [4.69, 9.17) is 0 Å². The zero-order chi connectivity index (χ0) is 19.9. The Morgan fingerprint density at radius 2 is 2.04 bits per heavy atom. The van der Waals surface area contributed by atoms with E-state index in [1.54, 1.807) is 10.6 Å². The highest BCUT2D eigenvalue weighted by molar-refractivity contribution is 5.94. The monoisotopic (exact) mass is 385 g/mol. The Kier molecular flexibility index (Phi) is 6.49. The lowest BCUT2D eigenvalue weighted by molar-refractivity contribution is 0.0953. The number of hydrogen-bond donors (Lipinski definition) is 2. The van der Waals surface area contributed by atoms with Gasteiger partial charge in [0.15, 0.2) is 11.5 Å². The number of amides is 1. The second-order valence-electron chi connectivity index (χ2n) is 6.70. The molecule has 0 fully saturated rings. The van der Waals surface area contributed by atoms with Gasteiger partial charge in [-0.3, -0.25) is 4.79 Å². The third kappa shape index (κ3) is 5.23. The van der Waals surface area contributed by atoms with Gasteiger partial charge in [0, 0.05) is 25.1 Å². The van der Waals surface area contributed by atoms with E-state index in [2.05, 4.69) is 30.8 Å². The number of anilines is 1. The Balaban J connectivity index is 1.57. The molecular formula is C19H24FN7O. The molecule has 9 heteroatoms. The van der Waals surface area contributed by atoms with Crippen LogP contribution in [0.3, 0.4) is 0 Å². The molecule has 2 N–H and O–H groups in total. The Labute approximate surface area is 162 Å². The zero-order valence-electron chi connectivity index (χ0n) is 16.0. The van der Waals surface area contributed by atoms with Crippen molar-refractivity contribution >= 4 is 17.4 Å². The molecule has 148 valence electrons. The average Bonchev–Trinajstić information content (AvgIpc) is 3.07. The van der Waals surface area contributed by atoms with Crippen LogP contribution in [-0.4, -0.2) is 64.3 Å². The number of fused-ring (bicyclic) bond motifs is 1. The highest BCUT2D eigenvalue weighted by atomic mass is 19.1. The fraction of sp³-hybridized carbons (Fsp3) is 0.368. The molecule has 0 unspecified atom stereocenters. The van der Waals surface area contributed by atoms with Gasteiger partial charge in [-0.2, -0.15) is 4.52 Å². The van der Waals surface area contributed by atoms with Gasteiger partial charge in [-0.15, -0.1) is 15.3 Å². The second-order valence-corrected chi connectivity index (χ2v) is 6.70. The fourth-order valence-corrected chi connectivity index (χ4v) is 2.71. The maximum atomic E-state index is 13.2. The smallest absolute Gasteiger partial charge is 0.251 e. The van der Waals surface area contributed by atoms with Crippen LogP contribution in [0, 0.1) is 5.82 Å². The Morgan fingerprint density at radius 1 is 1.18 bits per heavy atom. The van der Waals surface area contributed by atoms with Gasteiger partial charge in [0.1, 0.15) is 11.6 Å². The van der Waals surface area contributed by atoms with Crippen LogP contribution in [0.15, 0.2) is 36.4 Å². The van der Waals surface area contributed by atoms with Gasteiger partial charge in [-0.05, 0) is 57.4 Å². The minimum absolute atomic E-state index is 0.286. The van der Waals surface area contributed by atoms with Crippen molar-refractivity contribution in [1.82, 2.24) is 30.0 Å². The van der Waals surface area contributed by atoms with E-state index in [-0.39, 0.29) is 11.5 Å². The van der Waals surface area contributed by atoms with Crippen molar-refractivity contribution in [2.24, 2.45) is 0 Å². The number of nitrogens with zero attached hydrogens (tertiary/aromatic N) is 5. The lowest BCUT2D eigenvalue weighted by Gasteiger charge is -2.10. The maximum Gasteiger partial charge on any atom is 0.251 e. The molecule has 0 radical (unpaired) electrons. The molecule has 1 amide bonds. The van der Waals surface area contributed by atoms with E-state index < -0.39 is 5.82 Å². The summed E-state index contributed by atoms with van der Waals surface area (Å²) in [4.78, 5) is 14.2. The van der Waals surface area contributed by atoms with Crippen molar-refractivity contribution in [1.29, 1.82) is 0 Å². The lowest BCUT2D eigenvalue weighted by Crippen LogP contribution is -2.26. The van der Waals surface area contributed by atoms with E-state index >= 15 is 0 Å². The molecular weight excluding hydrogens is 361 g/mol. The van der Waals surface area contributed by atoms with Crippen molar-refractivity contribution in [3.8, 4) is 0 Å². The van der Waals surface area contributed by atoms with Crippen LogP contribution in [0.25, 0.3) is 5.65 Å². The second kappa shape index (κ2) is 9.23. The number of carbonyl (C=O) groups is 1. The summed E-state index contributed by atoms with van der Waals surface area (Å²) >= 11 is 0. The van der Waals surface area contributed by atoms with Crippen LogP contribution in [0.2, 0.25) is 0 Å². The normalized spacial score (nSPS) is 11.1. The Morgan fingerprint density at radius 3 is 2.82 bits per heavy atom. The zero-order valence-corrected chi connectivity index (χ0v) is 16.0. The third-order valence-corrected chi connectivity index (χ3v) is 4.14. The number of benzene rings is 1. The molecule has 0 saturated carbocycles. The molecule has 2 heterocycles. The Hall–Kier alpha value is -3.07. The van der Waals surface area contributed by atoms with Crippen LogP contribution >= 0.6 is 0 Å². The van der Waals surface area contributed by atoms with Gasteiger partial charge in [0.05, 0.1) is 0 Å². The average molecular weight is 385 g/mol. The quantitative estimate of drug-likeness (QED) is 0.544. The van der Waals surface area contributed by atoms with Crippen LogP contribution in [0.4, 0.5) is 10.2 Å². The summed E-state index contributed by atoms with van der Waals surface area (Å²) in [5, 5.41) is 18.8. The van der Waals surface area contributed by atoms with E-state index in [9.17, 15) is 9.18 Å². The van der Waals surface area contributed by atoms with E-state index in [1.165, 1.54) is 18.2 Å². The van der Waals surface area contributed by atoms with Crippen LogP contribution < -0.4 is 10.6 Å². The minimum atomic E-state index is -0.439. The Bertz CT molecular complexity index is 941. The molecule has 0 aliphatic carbocycles. The van der Waals surface area contributed by atoms with E-state index in [1.807, 2.05) is 26.2 Å². The van der Waals surface area contributed by atoms with Gasteiger partial charge in [-0.25, -0.2) is 4.39 Å². The summed E-state index contributed by atoms with van der Waals surface area (Å²) in [5.41, 5.74) is 0.929. The summed E-state index contributed by atoms with van der Waals surface area (Å²) in [6.07, 6.45) is 1.47. The molecule has 0 saturated heterocycles. The van der Waals surface area contributed by atoms with E-state index in [0.717, 1.165) is 25.3 Å². The standard InChI is InChI=1S/C19H24FN7O/c1-26(2)12-4-10-21-16-7-8-17-23-24-18(27(17)25-16)9-11-22-19(28)14-5-3-6-15(20)13-14/h3,5-8,13H,4,9-12H2,1-2H3,(H,21,25)(H,22,28). The van der Waals surface area contributed by atoms with Crippen LogP contribution in [-0.2, 0) is 6.42 Å². The highest BCUT2D eigenvalue weighted by Gasteiger charge is 2.10. The molecule has 0 atom stereocenters. The third-order valence-electron chi connectivity index (χ3n) is 4.14. The van der Waals surface area contributed by atoms with Gasteiger partial charge in [0.25, 0.3) is 5.91 Å². The largest absolute Gasteiger partial charge is 0.369 e. The topological polar surface area (TPSA) is 87.5 Å². The first-order valence-corrected chi connectivity index (χ1v) is 9.16. The molecule has 0 spiro atoms. The number of carbonyl (C=O) groups excluding carboxylic acids is 1. The predicted octanol–water partition coefficient (Wildman–Crippen LogP) is 1.60. The predicted molar refractivity (Wildman–Crippen MR) is 105 cm³/mol. The van der Waals surface area contributed by atoms with Crippen molar-refractivity contribution in [3.63, 3.8) is 0 Å². The van der Waals surface area contributed by atoms with E-state index in [0.29, 0.717) is 24.4 Å². The number of nitrogens with one attached hydrogen (secondary N) is 2. The fourth-order valence-electron chi connectivity index (χ4n) is 2.71. The van der Waals surface area contributed by atoms with Gasteiger partial charge < -0.3 is 15.5 Å². The molecule has 3 rings (SSSR count). The molecule has 28 heavy (non-hydrogen) atoms. The number of hydrogen-bond acceptors (Lipinski definition) is 6. The number of halogens is 1. The van der Waals surface area contributed by atoms with Crippen molar-refractivity contribution < 1.29 is 9.18 Å². The first kappa shape index (κ1) is 19.7. The minimum Gasteiger partial charge on any atom is -0.369 e. The molecule has 0 aliphatic heterocycles. The first-order chi connectivity index (χ1) is 13.5. The van der Waals surface area contributed by atoms with Crippen molar-refractivity contribution in [2.75, 3.05) is 39.0 Å². The van der Waals surface area contributed by atoms with Gasteiger partial charge in [-0.1, -0.05) is 6.07 Å². The summed E-state index contributed by atoms with van der Waals surface area (Å²) in [7, 11) is 4.08. The SMILES string of the molecule is CN(C)CCCNc1ccc2nnc(CCNC(=O)c3cccc(F)c3)n2n1. The van der Waals surface area contributed by atoms with Crippen molar-refractivity contribution in [2.45, 2.75) is 12.8 Å². The lowest BCUT2D eigenvalue weighted by atomic mass is 10.2. The first-order valence-electron chi connectivity index (χ1n) is 9.16. The number of aromatic nitrogens is 4. The number of rotatable bonds is 9. The molecule has 0 aliphatic rings. The maximum absolute atomic E-state index is 13.2. The van der Waals surface area contributed by atoms with Gasteiger partial charge >= 0.3 is 0 Å². The van der Waals surface area contributed by atoms with Gasteiger partial charge in [0.2, 0.25) is 0 Å². The van der Waals surface area contributed by atoms with Crippen LogP contribution in [0.5, 0.6) is 0 Å². The molecule has 0 bridgehead atoms. The molecule has 1 aromatic carbocycles. The van der Waals surface area contributed by atoms with Crippen molar-refractivity contribution in [3.05, 3.63) is 53.6 Å².